The number of hydrogen-bond acceptors (Lipinski definition) is 4. The van der Waals surface area contributed by atoms with Crippen LogP contribution in [0.2, 0.25) is 0 Å². The number of unbranched alkanes of at least 4 members (excludes halogenated alkanes) is 1. The second kappa shape index (κ2) is 6.91. The average molecular weight is 272 g/mol. The molecular weight excluding hydrogens is 248 g/mol. The Kier molecular flexibility index (Phi) is 5.82. The summed E-state index contributed by atoms with van der Waals surface area (Å²) in [6.45, 7) is 6.82. The van der Waals surface area contributed by atoms with E-state index < -0.39 is 12.3 Å². The van der Waals surface area contributed by atoms with E-state index in [2.05, 4.69) is 20.8 Å². The first kappa shape index (κ1) is 16.0. The van der Waals surface area contributed by atoms with Gasteiger partial charge in [0.25, 0.3) is 0 Å². The largest absolute Gasteiger partial charge is 0.475 e. The number of rotatable bonds is 6. The van der Waals surface area contributed by atoms with Gasteiger partial charge in [0.1, 0.15) is 0 Å². The van der Waals surface area contributed by atoms with E-state index in [0.29, 0.717) is 19.4 Å². The smallest absolute Gasteiger partial charge is 0.370 e. The lowest BCUT2D eigenvalue weighted by molar-refractivity contribution is -0.162. The van der Waals surface area contributed by atoms with E-state index in [-0.39, 0.29) is 23.7 Å². The molecule has 0 aromatic rings. The summed E-state index contributed by atoms with van der Waals surface area (Å²) in [7, 11) is 0. The SMILES string of the molecule is CC(C)(C)[C@@H]1C=C(C(=O)O)O[C@H](OCCCCO)C1. The highest BCUT2D eigenvalue weighted by Gasteiger charge is 2.33. The first-order valence-electron chi connectivity index (χ1n) is 6.69. The minimum atomic E-state index is -1.06. The van der Waals surface area contributed by atoms with Crippen molar-refractivity contribution in [2.75, 3.05) is 13.2 Å². The van der Waals surface area contributed by atoms with Gasteiger partial charge < -0.3 is 19.7 Å². The third-order valence-corrected chi connectivity index (χ3v) is 3.24. The second-order valence-corrected chi connectivity index (χ2v) is 5.89. The van der Waals surface area contributed by atoms with E-state index >= 15 is 0 Å². The normalized spacial score (nSPS) is 23.7. The maximum atomic E-state index is 11.1. The lowest BCUT2D eigenvalue weighted by Crippen LogP contribution is -2.33. The van der Waals surface area contributed by atoms with Gasteiger partial charge in [0.2, 0.25) is 12.0 Å². The second-order valence-electron chi connectivity index (χ2n) is 5.89. The third-order valence-electron chi connectivity index (χ3n) is 3.24. The van der Waals surface area contributed by atoms with Crippen LogP contribution in [0.4, 0.5) is 0 Å². The maximum absolute atomic E-state index is 11.1. The van der Waals surface area contributed by atoms with Crippen LogP contribution in [0.15, 0.2) is 11.8 Å². The van der Waals surface area contributed by atoms with Crippen molar-refractivity contribution in [3.63, 3.8) is 0 Å². The molecule has 5 nitrogen and oxygen atoms in total. The number of carbonyl (C=O) groups is 1. The van der Waals surface area contributed by atoms with Crippen molar-refractivity contribution in [1.82, 2.24) is 0 Å². The molecular formula is C14H24O5. The van der Waals surface area contributed by atoms with Gasteiger partial charge in [-0.3, -0.25) is 0 Å². The number of aliphatic hydroxyl groups is 1. The Balaban J connectivity index is 2.62. The molecule has 0 fully saturated rings. The summed E-state index contributed by atoms with van der Waals surface area (Å²) in [6, 6.07) is 0. The van der Waals surface area contributed by atoms with Crippen molar-refractivity contribution >= 4 is 5.97 Å². The molecule has 1 aliphatic rings. The number of aliphatic carboxylic acids is 1. The molecule has 19 heavy (non-hydrogen) atoms. The molecule has 0 unspecified atom stereocenters. The number of aliphatic hydroxyl groups excluding tert-OH is 1. The quantitative estimate of drug-likeness (QED) is 0.725. The molecule has 2 atom stereocenters. The Hall–Kier alpha value is -1.07. The van der Waals surface area contributed by atoms with Crippen LogP contribution in [0.3, 0.4) is 0 Å². The fraction of sp³-hybridized carbons (Fsp3) is 0.786. The van der Waals surface area contributed by atoms with E-state index in [0.717, 1.165) is 6.42 Å². The molecule has 0 amide bonds. The fourth-order valence-electron chi connectivity index (χ4n) is 1.94. The summed E-state index contributed by atoms with van der Waals surface area (Å²) < 4.78 is 10.9. The van der Waals surface area contributed by atoms with E-state index in [1.54, 1.807) is 6.08 Å². The van der Waals surface area contributed by atoms with Crippen molar-refractivity contribution in [3.8, 4) is 0 Å². The van der Waals surface area contributed by atoms with Crippen LogP contribution >= 0.6 is 0 Å². The standard InChI is InChI=1S/C14H24O5/c1-14(2,3)10-8-11(13(16)17)19-12(9-10)18-7-5-4-6-15/h8,10,12,15H,4-7,9H2,1-3H3,(H,16,17)/t10-,12+/m1/s1. The topological polar surface area (TPSA) is 76.0 Å². The molecule has 0 aromatic heterocycles. The molecule has 0 saturated carbocycles. The van der Waals surface area contributed by atoms with Gasteiger partial charge in [0, 0.05) is 13.0 Å². The van der Waals surface area contributed by atoms with E-state index in [9.17, 15) is 4.79 Å². The first-order valence-corrected chi connectivity index (χ1v) is 6.69. The molecule has 0 aliphatic carbocycles. The van der Waals surface area contributed by atoms with Crippen LogP contribution in [0.1, 0.15) is 40.0 Å². The zero-order chi connectivity index (χ0) is 14.5. The van der Waals surface area contributed by atoms with Gasteiger partial charge in [-0.2, -0.15) is 0 Å². The molecule has 0 bridgehead atoms. The highest BCUT2D eigenvalue weighted by atomic mass is 16.7. The predicted octanol–water partition coefficient (Wildman–Crippen LogP) is 2.15. The Bertz CT molecular complexity index is 329. The molecule has 1 rings (SSSR count). The van der Waals surface area contributed by atoms with Crippen molar-refractivity contribution in [2.24, 2.45) is 11.3 Å². The van der Waals surface area contributed by atoms with Crippen LogP contribution in [-0.2, 0) is 14.3 Å². The van der Waals surface area contributed by atoms with Gasteiger partial charge in [0.15, 0.2) is 0 Å². The molecule has 0 spiro atoms. The van der Waals surface area contributed by atoms with Crippen molar-refractivity contribution in [1.29, 1.82) is 0 Å². The Morgan fingerprint density at radius 1 is 1.47 bits per heavy atom. The van der Waals surface area contributed by atoms with Crippen LogP contribution in [-0.4, -0.2) is 35.7 Å². The van der Waals surface area contributed by atoms with Crippen LogP contribution in [0, 0.1) is 11.3 Å². The van der Waals surface area contributed by atoms with Gasteiger partial charge in [-0.25, -0.2) is 4.79 Å². The van der Waals surface area contributed by atoms with E-state index in [4.69, 9.17) is 19.7 Å². The molecule has 2 N–H and O–H groups in total. The zero-order valence-corrected chi connectivity index (χ0v) is 11.9. The summed E-state index contributed by atoms with van der Waals surface area (Å²) in [6.07, 6.45) is 3.23. The summed E-state index contributed by atoms with van der Waals surface area (Å²) in [4.78, 5) is 11.1. The molecule has 0 aromatic carbocycles. The summed E-state index contributed by atoms with van der Waals surface area (Å²) in [5.74, 6) is -0.980. The summed E-state index contributed by atoms with van der Waals surface area (Å²) in [5, 5.41) is 17.8. The lowest BCUT2D eigenvalue weighted by atomic mass is 9.77. The number of carboxylic acids is 1. The molecule has 1 aliphatic heterocycles. The average Bonchev–Trinajstić information content (AvgIpc) is 2.33. The molecule has 1 heterocycles. The summed E-state index contributed by atoms with van der Waals surface area (Å²) in [5.41, 5.74) is -0.0306. The van der Waals surface area contributed by atoms with Crippen LogP contribution in [0.25, 0.3) is 0 Å². The Labute approximate surface area is 114 Å². The molecule has 110 valence electrons. The van der Waals surface area contributed by atoms with Crippen LogP contribution < -0.4 is 0 Å². The van der Waals surface area contributed by atoms with Crippen molar-refractivity contribution in [3.05, 3.63) is 11.8 Å². The molecule has 0 saturated heterocycles. The lowest BCUT2D eigenvalue weighted by Gasteiger charge is -2.35. The third kappa shape index (κ3) is 5.20. The van der Waals surface area contributed by atoms with Gasteiger partial charge in [-0.05, 0) is 30.3 Å². The number of ether oxygens (including phenoxy) is 2. The Morgan fingerprint density at radius 3 is 2.68 bits per heavy atom. The number of hydrogen-bond donors (Lipinski definition) is 2. The van der Waals surface area contributed by atoms with E-state index in [1.165, 1.54) is 0 Å². The van der Waals surface area contributed by atoms with Crippen LogP contribution in [0.5, 0.6) is 0 Å². The zero-order valence-electron chi connectivity index (χ0n) is 11.9. The van der Waals surface area contributed by atoms with E-state index in [1.807, 2.05) is 0 Å². The van der Waals surface area contributed by atoms with Gasteiger partial charge >= 0.3 is 5.97 Å². The molecule has 5 heteroatoms. The highest BCUT2D eigenvalue weighted by molar-refractivity contribution is 5.84. The van der Waals surface area contributed by atoms with Crippen molar-refractivity contribution in [2.45, 2.75) is 46.3 Å². The van der Waals surface area contributed by atoms with Crippen molar-refractivity contribution < 1.29 is 24.5 Å². The van der Waals surface area contributed by atoms with Gasteiger partial charge in [-0.1, -0.05) is 20.8 Å². The first-order chi connectivity index (χ1) is 8.84. The fourth-order valence-corrected chi connectivity index (χ4v) is 1.94. The maximum Gasteiger partial charge on any atom is 0.370 e. The monoisotopic (exact) mass is 272 g/mol. The predicted molar refractivity (Wildman–Crippen MR) is 70.4 cm³/mol. The molecule has 0 radical (unpaired) electrons. The number of carboxylic acid groups (broad SMARTS) is 1. The Morgan fingerprint density at radius 2 is 2.16 bits per heavy atom. The summed E-state index contributed by atoms with van der Waals surface area (Å²) >= 11 is 0. The van der Waals surface area contributed by atoms with Gasteiger partial charge in [-0.15, -0.1) is 0 Å². The number of allylic oxidation sites excluding steroid dienone is 1. The minimum absolute atomic E-state index is 0.0293. The highest BCUT2D eigenvalue weighted by Crippen LogP contribution is 2.36. The minimum Gasteiger partial charge on any atom is -0.475 e. The van der Waals surface area contributed by atoms with Gasteiger partial charge in [0.05, 0.1) is 6.61 Å².